The summed E-state index contributed by atoms with van der Waals surface area (Å²) < 4.78 is 3.68. The Hall–Kier alpha value is -0.860. The number of fused-ring (bicyclic) bond motifs is 1. The highest BCUT2D eigenvalue weighted by molar-refractivity contribution is 14.1. The Morgan fingerprint density at radius 1 is 1.32 bits per heavy atom. The van der Waals surface area contributed by atoms with Gasteiger partial charge in [0.15, 0.2) is 5.65 Å². The van der Waals surface area contributed by atoms with Crippen LogP contribution in [0.2, 0.25) is 5.02 Å². The van der Waals surface area contributed by atoms with Gasteiger partial charge in [0, 0.05) is 19.3 Å². The Morgan fingerprint density at radius 3 is 2.84 bits per heavy atom. The third kappa shape index (κ3) is 2.32. The van der Waals surface area contributed by atoms with E-state index in [0.717, 1.165) is 24.9 Å². The van der Waals surface area contributed by atoms with Gasteiger partial charge in [-0.15, -0.1) is 0 Å². The van der Waals surface area contributed by atoms with Crippen molar-refractivity contribution in [3.05, 3.63) is 43.5 Å². The van der Waals surface area contributed by atoms with Gasteiger partial charge in [0.05, 0.1) is 5.69 Å². The molecule has 0 bridgehead atoms. The zero-order valence-corrected chi connectivity index (χ0v) is 13.9. The van der Waals surface area contributed by atoms with Gasteiger partial charge in [-0.1, -0.05) is 11.6 Å². The number of nitrogens with two attached hydrogens (primary N) is 1. The van der Waals surface area contributed by atoms with Crippen molar-refractivity contribution in [2.75, 3.05) is 5.73 Å². The third-order valence-electron chi connectivity index (χ3n) is 2.64. The number of rotatable bonds is 1. The number of nitrogens with zero attached hydrogens (tertiary/aromatic N) is 3. The molecule has 1 aromatic carbocycles. The molecule has 96 valence electrons. The first-order valence-corrected chi connectivity index (χ1v) is 7.56. The molecule has 0 saturated heterocycles. The van der Waals surface area contributed by atoms with E-state index in [0.29, 0.717) is 11.0 Å². The van der Waals surface area contributed by atoms with Gasteiger partial charge in [-0.25, -0.2) is 9.97 Å². The summed E-state index contributed by atoms with van der Waals surface area (Å²) in [6, 6.07) is 7.49. The average molecular weight is 449 g/mol. The van der Waals surface area contributed by atoms with E-state index >= 15 is 0 Å². The second-order valence-corrected chi connectivity index (χ2v) is 6.41. The Morgan fingerprint density at radius 2 is 2.11 bits per heavy atom. The molecule has 2 N–H and O–H groups in total. The van der Waals surface area contributed by atoms with Gasteiger partial charge in [-0.3, -0.25) is 4.57 Å². The molecule has 3 aromatic rings. The predicted molar refractivity (Wildman–Crippen MR) is 88.7 cm³/mol. The summed E-state index contributed by atoms with van der Waals surface area (Å²) in [5.41, 5.74) is 8.39. The average Bonchev–Trinajstić information content (AvgIpc) is 2.65. The molecule has 19 heavy (non-hydrogen) atoms. The van der Waals surface area contributed by atoms with Crippen LogP contribution in [0.4, 0.5) is 5.95 Å². The number of hydrogen-bond acceptors (Lipinski definition) is 3. The van der Waals surface area contributed by atoms with Crippen LogP contribution in [-0.2, 0) is 0 Å². The fourth-order valence-corrected chi connectivity index (χ4v) is 3.29. The maximum absolute atomic E-state index is 6.00. The van der Waals surface area contributed by atoms with Crippen molar-refractivity contribution < 1.29 is 0 Å². The number of benzene rings is 1. The summed E-state index contributed by atoms with van der Waals surface area (Å²) in [7, 11) is 0. The zero-order chi connectivity index (χ0) is 13.6. The Balaban J connectivity index is 2.33. The first-order chi connectivity index (χ1) is 9.06. The first-order valence-electron chi connectivity index (χ1n) is 5.31. The molecule has 7 heteroatoms. The van der Waals surface area contributed by atoms with Gasteiger partial charge < -0.3 is 5.73 Å². The van der Waals surface area contributed by atoms with Crippen LogP contribution in [0.1, 0.15) is 0 Å². The van der Waals surface area contributed by atoms with Crippen LogP contribution in [0.15, 0.2) is 34.9 Å². The zero-order valence-electron chi connectivity index (χ0n) is 9.44. The molecule has 0 aliphatic heterocycles. The number of aromatic nitrogens is 3. The van der Waals surface area contributed by atoms with E-state index in [1.807, 2.05) is 28.8 Å². The van der Waals surface area contributed by atoms with Crippen molar-refractivity contribution >= 4 is 67.2 Å². The summed E-state index contributed by atoms with van der Waals surface area (Å²) in [5, 5.41) is 0.687. The van der Waals surface area contributed by atoms with Crippen molar-refractivity contribution in [1.29, 1.82) is 0 Å². The molecule has 0 amide bonds. The van der Waals surface area contributed by atoms with Crippen LogP contribution >= 0.6 is 50.1 Å². The number of hydrogen-bond donors (Lipinski definition) is 1. The van der Waals surface area contributed by atoms with Crippen LogP contribution in [0.5, 0.6) is 0 Å². The molecule has 0 fully saturated rings. The van der Waals surface area contributed by atoms with Crippen molar-refractivity contribution in [3.63, 3.8) is 0 Å². The largest absolute Gasteiger partial charge is 0.369 e. The lowest BCUT2D eigenvalue weighted by Gasteiger charge is -2.08. The van der Waals surface area contributed by atoms with Crippen LogP contribution in [0.25, 0.3) is 16.9 Å². The molecule has 0 aliphatic carbocycles. The second kappa shape index (κ2) is 4.92. The van der Waals surface area contributed by atoms with E-state index in [-0.39, 0.29) is 0 Å². The monoisotopic (exact) mass is 448 g/mol. The third-order valence-corrected chi connectivity index (χ3v) is 4.17. The molecule has 0 atom stereocenters. The molecule has 0 saturated carbocycles. The van der Waals surface area contributed by atoms with Gasteiger partial charge in [0.25, 0.3) is 0 Å². The standard InChI is InChI=1S/C12H7BrClIN4/c13-6-3-9-11(17-5-6)19(12(16)18-9)10-2-1-7(14)4-8(10)15/h1-5H,(H2,16,18). The van der Waals surface area contributed by atoms with E-state index < -0.39 is 0 Å². The molecular formula is C12H7BrClIN4. The van der Waals surface area contributed by atoms with Gasteiger partial charge >= 0.3 is 0 Å². The van der Waals surface area contributed by atoms with Gasteiger partial charge in [0.1, 0.15) is 5.52 Å². The fraction of sp³-hybridized carbons (Fsp3) is 0. The number of anilines is 1. The highest BCUT2D eigenvalue weighted by atomic mass is 127. The summed E-state index contributed by atoms with van der Waals surface area (Å²) in [4.78, 5) is 8.70. The number of pyridine rings is 1. The van der Waals surface area contributed by atoms with E-state index in [1.54, 1.807) is 6.20 Å². The van der Waals surface area contributed by atoms with E-state index in [2.05, 4.69) is 48.5 Å². The van der Waals surface area contributed by atoms with Crippen LogP contribution in [-0.4, -0.2) is 14.5 Å². The summed E-state index contributed by atoms with van der Waals surface area (Å²) in [6.45, 7) is 0. The smallest absolute Gasteiger partial charge is 0.207 e. The second-order valence-electron chi connectivity index (χ2n) is 3.90. The predicted octanol–water partition coefficient (Wildman–Crippen LogP) is 4.02. The molecule has 2 aromatic heterocycles. The van der Waals surface area contributed by atoms with Crippen LogP contribution in [0.3, 0.4) is 0 Å². The molecular weight excluding hydrogens is 442 g/mol. The van der Waals surface area contributed by atoms with Crippen molar-refractivity contribution in [1.82, 2.24) is 14.5 Å². The highest BCUT2D eigenvalue weighted by Crippen LogP contribution is 2.28. The van der Waals surface area contributed by atoms with Crippen molar-refractivity contribution in [3.8, 4) is 5.69 Å². The quantitative estimate of drug-likeness (QED) is 0.571. The lowest BCUT2D eigenvalue weighted by Crippen LogP contribution is -2.03. The van der Waals surface area contributed by atoms with Gasteiger partial charge in [-0.05, 0) is 62.8 Å². The molecule has 4 nitrogen and oxygen atoms in total. The van der Waals surface area contributed by atoms with E-state index in [9.17, 15) is 0 Å². The maximum Gasteiger partial charge on any atom is 0.207 e. The normalized spacial score (nSPS) is 11.1. The Bertz CT molecular complexity index is 787. The minimum Gasteiger partial charge on any atom is -0.369 e. The molecule has 0 spiro atoms. The number of nitrogen functional groups attached to an aromatic ring is 1. The lowest BCUT2D eigenvalue weighted by atomic mass is 10.3. The Labute approximate surface area is 136 Å². The molecule has 2 heterocycles. The van der Waals surface area contributed by atoms with Crippen molar-refractivity contribution in [2.45, 2.75) is 0 Å². The molecule has 0 aliphatic rings. The van der Waals surface area contributed by atoms with Crippen LogP contribution < -0.4 is 5.73 Å². The fourth-order valence-electron chi connectivity index (χ4n) is 1.86. The van der Waals surface area contributed by atoms with E-state index in [4.69, 9.17) is 17.3 Å². The van der Waals surface area contributed by atoms with E-state index in [1.165, 1.54) is 0 Å². The maximum atomic E-state index is 6.00. The van der Waals surface area contributed by atoms with Gasteiger partial charge in [0.2, 0.25) is 5.95 Å². The summed E-state index contributed by atoms with van der Waals surface area (Å²) in [5.74, 6) is 0.404. The first kappa shape index (κ1) is 13.1. The number of halogens is 3. The lowest BCUT2D eigenvalue weighted by molar-refractivity contribution is 1.07. The summed E-state index contributed by atoms with van der Waals surface area (Å²) >= 11 is 11.6. The minimum absolute atomic E-state index is 0.404. The molecule has 0 radical (unpaired) electrons. The van der Waals surface area contributed by atoms with Gasteiger partial charge in [-0.2, -0.15) is 0 Å². The topological polar surface area (TPSA) is 56.7 Å². The van der Waals surface area contributed by atoms with Crippen molar-refractivity contribution in [2.24, 2.45) is 0 Å². The Kier molecular flexibility index (Phi) is 3.40. The highest BCUT2D eigenvalue weighted by Gasteiger charge is 2.14. The summed E-state index contributed by atoms with van der Waals surface area (Å²) in [6.07, 6.45) is 1.72. The molecule has 3 rings (SSSR count). The van der Waals surface area contributed by atoms with Crippen LogP contribution in [0, 0.1) is 3.57 Å². The SMILES string of the molecule is Nc1nc2cc(Br)cnc2n1-c1ccc(Cl)cc1I. The minimum atomic E-state index is 0.404. The number of imidazole rings is 1. The molecule has 0 unspecified atom stereocenters.